The van der Waals surface area contributed by atoms with Crippen LogP contribution in [0.4, 0.5) is 4.39 Å². The molecular formula is C6H8FNO. The van der Waals surface area contributed by atoms with Gasteiger partial charge in [-0.05, 0) is 12.2 Å². The SMILES string of the molecule is NC1=CC=C(O)C(F)C1. The normalized spacial score (nSPS) is 27.0. The standard InChI is InChI=1S/C6H8FNO/c7-5-3-4(8)1-2-6(5)9/h1-2,5,9H,3,8H2. The molecule has 1 atom stereocenters. The van der Waals surface area contributed by atoms with Gasteiger partial charge in [0.15, 0.2) is 6.17 Å². The van der Waals surface area contributed by atoms with Gasteiger partial charge in [0, 0.05) is 12.1 Å². The quantitative estimate of drug-likeness (QED) is 0.512. The van der Waals surface area contributed by atoms with Crippen LogP contribution in [0.2, 0.25) is 0 Å². The van der Waals surface area contributed by atoms with E-state index in [1.54, 1.807) is 0 Å². The molecule has 2 nitrogen and oxygen atoms in total. The van der Waals surface area contributed by atoms with Crippen molar-refractivity contribution in [2.45, 2.75) is 12.6 Å². The first-order chi connectivity index (χ1) is 4.20. The zero-order valence-electron chi connectivity index (χ0n) is 4.84. The van der Waals surface area contributed by atoms with Crippen molar-refractivity contribution in [2.75, 3.05) is 0 Å². The molecule has 0 aliphatic heterocycles. The van der Waals surface area contributed by atoms with E-state index < -0.39 is 6.17 Å². The van der Waals surface area contributed by atoms with Crippen molar-refractivity contribution in [1.29, 1.82) is 0 Å². The van der Waals surface area contributed by atoms with Crippen LogP contribution in [0.5, 0.6) is 0 Å². The summed E-state index contributed by atoms with van der Waals surface area (Å²) in [6, 6.07) is 0. The molecular weight excluding hydrogens is 121 g/mol. The maximum atomic E-state index is 12.4. The Balaban J connectivity index is 2.74. The number of halogens is 1. The molecule has 50 valence electrons. The van der Waals surface area contributed by atoms with Gasteiger partial charge < -0.3 is 10.8 Å². The predicted molar refractivity (Wildman–Crippen MR) is 32.5 cm³/mol. The lowest BCUT2D eigenvalue weighted by molar-refractivity contribution is 0.255. The van der Waals surface area contributed by atoms with E-state index >= 15 is 0 Å². The van der Waals surface area contributed by atoms with E-state index in [-0.39, 0.29) is 12.2 Å². The summed E-state index contributed by atoms with van der Waals surface area (Å²) in [6.07, 6.45) is 1.60. The number of rotatable bonds is 0. The molecule has 1 unspecified atom stereocenters. The average molecular weight is 129 g/mol. The molecule has 0 saturated carbocycles. The van der Waals surface area contributed by atoms with Crippen LogP contribution < -0.4 is 5.73 Å². The maximum absolute atomic E-state index is 12.4. The molecule has 9 heavy (non-hydrogen) atoms. The molecule has 3 heteroatoms. The molecule has 1 rings (SSSR count). The summed E-state index contributed by atoms with van der Waals surface area (Å²) in [5.41, 5.74) is 5.73. The summed E-state index contributed by atoms with van der Waals surface area (Å²) in [5, 5.41) is 8.68. The summed E-state index contributed by atoms with van der Waals surface area (Å²) in [6.45, 7) is 0. The minimum absolute atomic E-state index is 0.113. The molecule has 1 aliphatic rings. The highest BCUT2D eigenvalue weighted by molar-refractivity contribution is 5.21. The number of aliphatic hydroxyl groups excluding tert-OH is 1. The van der Waals surface area contributed by atoms with Crippen LogP contribution in [0.3, 0.4) is 0 Å². The molecule has 0 aromatic heterocycles. The molecule has 0 amide bonds. The molecule has 0 heterocycles. The molecule has 0 aromatic carbocycles. The fourth-order valence-corrected chi connectivity index (χ4v) is 0.676. The first-order valence-electron chi connectivity index (χ1n) is 2.69. The molecule has 0 fully saturated rings. The first kappa shape index (κ1) is 6.13. The summed E-state index contributed by atoms with van der Waals surface area (Å²) in [4.78, 5) is 0. The van der Waals surface area contributed by atoms with Crippen molar-refractivity contribution in [1.82, 2.24) is 0 Å². The zero-order valence-corrected chi connectivity index (χ0v) is 4.84. The third kappa shape index (κ3) is 1.22. The molecule has 1 aliphatic carbocycles. The Bertz CT molecular complexity index is 174. The molecule has 0 radical (unpaired) electrons. The van der Waals surface area contributed by atoms with Crippen molar-refractivity contribution in [3.8, 4) is 0 Å². The van der Waals surface area contributed by atoms with Gasteiger partial charge in [-0.25, -0.2) is 4.39 Å². The van der Waals surface area contributed by atoms with Crippen LogP contribution in [-0.2, 0) is 0 Å². The van der Waals surface area contributed by atoms with Gasteiger partial charge in [0.1, 0.15) is 5.76 Å². The van der Waals surface area contributed by atoms with Gasteiger partial charge in [0.25, 0.3) is 0 Å². The van der Waals surface area contributed by atoms with E-state index in [4.69, 9.17) is 10.8 Å². The number of allylic oxidation sites excluding steroid dienone is 4. The number of alkyl halides is 1. The van der Waals surface area contributed by atoms with Crippen molar-refractivity contribution in [3.63, 3.8) is 0 Å². The summed E-state index contributed by atoms with van der Waals surface area (Å²) < 4.78 is 12.4. The maximum Gasteiger partial charge on any atom is 0.162 e. The number of aliphatic hydroxyl groups is 1. The fraction of sp³-hybridized carbons (Fsp3) is 0.333. The lowest BCUT2D eigenvalue weighted by Gasteiger charge is -2.10. The van der Waals surface area contributed by atoms with Crippen LogP contribution in [0.15, 0.2) is 23.6 Å². The second-order valence-electron chi connectivity index (χ2n) is 2.00. The Labute approximate surface area is 52.5 Å². The summed E-state index contributed by atoms with van der Waals surface area (Å²) >= 11 is 0. The van der Waals surface area contributed by atoms with Gasteiger partial charge in [-0.15, -0.1) is 0 Å². The highest BCUT2D eigenvalue weighted by Crippen LogP contribution is 2.16. The summed E-state index contributed by atoms with van der Waals surface area (Å²) in [5.74, 6) is -0.232. The van der Waals surface area contributed by atoms with Gasteiger partial charge in [0.05, 0.1) is 0 Å². The second kappa shape index (κ2) is 2.09. The van der Waals surface area contributed by atoms with E-state index in [1.165, 1.54) is 12.2 Å². The number of nitrogens with two attached hydrogens (primary N) is 1. The largest absolute Gasteiger partial charge is 0.509 e. The monoisotopic (exact) mass is 129 g/mol. The Hall–Kier alpha value is -0.990. The zero-order chi connectivity index (χ0) is 6.85. The fourth-order valence-electron chi connectivity index (χ4n) is 0.676. The van der Waals surface area contributed by atoms with E-state index in [2.05, 4.69) is 0 Å². The average Bonchev–Trinajstić information content (AvgIpc) is 1.80. The molecule has 0 saturated heterocycles. The third-order valence-electron chi connectivity index (χ3n) is 1.20. The van der Waals surface area contributed by atoms with Crippen LogP contribution in [0, 0.1) is 0 Å². The van der Waals surface area contributed by atoms with Crippen molar-refractivity contribution >= 4 is 0 Å². The van der Waals surface area contributed by atoms with E-state index in [0.717, 1.165) is 0 Å². The minimum Gasteiger partial charge on any atom is -0.509 e. The highest BCUT2D eigenvalue weighted by Gasteiger charge is 2.15. The van der Waals surface area contributed by atoms with Gasteiger partial charge in [-0.1, -0.05) is 0 Å². The third-order valence-corrected chi connectivity index (χ3v) is 1.20. The van der Waals surface area contributed by atoms with Crippen molar-refractivity contribution in [3.05, 3.63) is 23.6 Å². The van der Waals surface area contributed by atoms with Gasteiger partial charge in [-0.3, -0.25) is 0 Å². The molecule has 0 spiro atoms. The molecule has 0 aromatic rings. The molecule has 0 bridgehead atoms. The predicted octanol–water partition coefficient (Wildman–Crippen LogP) is 1.01. The Kier molecular flexibility index (Phi) is 1.42. The van der Waals surface area contributed by atoms with Gasteiger partial charge in [0.2, 0.25) is 0 Å². The minimum atomic E-state index is -1.30. The van der Waals surface area contributed by atoms with Crippen LogP contribution in [-0.4, -0.2) is 11.3 Å². The van der Waals surface area contributed by atoms with Crippen molar-refractivity contribution < 1.29 is 9.50 Å². The van der Waals surface area contributed by atoms with E-state index in [1.807, 2.05) is 0 Å². The lowest BCUT2D eigenvalue weighted by atomic mass is 10.1. The van der Waals surface area contributed by atoms with Crippen LogP contribution in [0.1, 0.15) is 6.42 Å². The first-order valence-corrected chi connectivity index (χ1v) is 2.69. The van der Waals surface area contributed by atoms with Crippen LogP contribution in [0.25, 0.3) is 0 Å². The smallest absolute Gasteiger partial charge is 0.162 e. The topological polar surface area (TPSA) is 46.2 Å². The highest BCUT2D eigenvalue weighted by atomic mass is 19.1. The van der Waals surface area contributed by atoms with Gasteiger partial charge in [-0.2, -0.15) is 0 Å². The Morgan fingerprint density at radius 1 is 1.67 bits per heavy atom. The molecule has 3 N–H and O–H groups in total. The lowest BCUT2D eigenvalue weighted by Crippen LogP contribution is -2.13. The second-order valence-corrected chi connectivity index (χ2v) is 2.00. The summed E-state index contributed by atoms with van der Waals surface area (Å²) in [7, 11) is 0. The van der Waals surface area contributed by atoms with Crippen molar-refractivity contribution in [2.24, 2.45) is 5.73 Å². The Morgan fingerprint density at radius 2 is 2.33 bits per heavy atom. The number of hydrogen-bond donors (Lipinski definition) is 2. The van der Waals surface area contributed by atoms with Gasteiger partial charge >= 0.3 is 0 Å². The Morgan fingerprint density at radius 3 is 2.78 bits per heavy atom. The van der Waals surface area contributed by atoms with E-state index in [0.29, 0.717) is 5.70 Å². The number of hydrogen-bond acceptors (Lipinski definition) is 2. The van der Waals surface area contributed by atoms with E-state index in [9.17, 15) is 4.39 Å². The van der Waals surface area contributed by atoms with Crippen LogP contribution >= 0.6 is 0 Å².